The topological polar surface area (TPSA) is 37.3 Å². The summed E-state index contributed by atoms with van der Waals surface area (Å²) in [5.74, 6) is 0.529. The first-order chi connectivity index (χ1) is 7.27. The normalized spacial score (nSPS) is 13.4. The first-order valence-corrected chi connectivity index (χ1v) is 7.80. The van der Waals surface area contributed by atoms with Crippen LogP contribution >= 0.6 is 21.6 Å². The minimum Gasteiger partial charge on any atom is -0.481 e. The molecule has 1 heterocycles. The molecule has 88 valence electrons. The van der Waals surface area contributed by atoms with Crippen LogP contribution < -0.4 is 0 Å². The molecule has 0 fully saturated rings. The average molecular weight is 248 g/mol. The molecule has 1 aliphatic rings. The van der Waals surface area contributed by atoms with Crippen molar-refractivity contribution in [3.63, 3.8) is 0 Å². The smallest absolute Gasteiger partial charge is 0.303 e. The molecule has 0 aliphatic carbocycles. The van der Waals surface area contributed by atoms with Gasteiger partial charge < -0.3 is 5.11 Å². The van der Waals surface area contributed by atoms with Gasteiger partial charge in [0.15, 0.2) is 0 Å². The van der Waals surface area contributed by atoms with Gasteiger partial charge in [-0.1, -0.05) is 60.3 Å². The van der Waals surface area contributed by atoms with Crippen LogP contribution in [-0.4, -0.2) is 16.8 Å². The highest BCUT2D eigenvalue weighted by Gasteiger charge is 1.94. The Balaban J connectivity index is 0.000000322. The highest BCUT2D eigenvalue weighted by molar-refractivity contribution is 8.78. The van der Waals surface area contributed by atoms with Gasteiger partial charge in [0, 0.05) is 12.2 Å². The van der Waals surface area contributed by atoms with E-state index < -0.39 is 5.97 Å². The quantitative estimate of drug-likeness (QED) is 0.561. The summed E-state index contributed by atoms with van der Waals surface area (Å²) >= 11 is 0. The minimum atomic E-state index is -0.670. The second kappa shape index (κ2) is 12.0. The van der Waals surface area contributed by atoms with E-state index in [1.165, 1.54) is 25.0 Å². The van der Waals surface area contributed by atoms with Crippen molar-refractivity contribution in [2.45, 2.75) is 45.4 Å². The summed E-state index contributed by atoms with van der Waals surface area (Å²) in [6.45, 7) is 2.15. The van der Waals surface area contributed by atoms with Gasteiger partial charge in [0.05, 0.1) is 0 Å². The van der Waals surface area contributed by atoms with Gasteiger partial charge in [0.1, 0.15) is 0 Å². The van der Waals surface area contributed by atoms with Crippen LogP contribution in [0.25, 0.3) is 0 Å². The number of aliphatic carboxylic acids is 1. The van der Waals surface area contributed by atoms with E-state index in [9.17, 15) is 4.79 Å². The molecule has 4 heteroatoms. The molecule has 0 saturated heterocycles. The first kappa shape index (κ1) is 14.9. The van der Waals surface area contributed by atoms with Gasteiger partial charge in [-0.05, 0) is 11.8 Å². The van der Waals surface area contributed by atoms with Crippen molar-refractivity contribution < 1.29 is 9.90 Å². The van der Waals surface area contributed by atoms with Gasteiger partial charge in [0.2, 0.25) is 0 Å². The fourth-order valence-corrected chi connectivity index (χ4v) is 2.65. The van der Waals surface area contributed by atoms with Crippen molar-refractivity contribution in [1.29, 1.82) is 0 Å². The second-order valence-corrected chi connectivity index (χ2v) is 5.63. The molecule has 0 aromatic heterocycles. The van der Waals surface area contributed by atoms with Crippen LogP contribution in [0.5, 0.6) is 0 Å². The molecule has 0 saturated carbocycles. The summed E-state index contributed by atoms with van der Waals surface area (Å²) < 4.78 is 0. The number of unbranched alkanes of at least 4 members (excludes halogenated alkanes) is 4. The van der Waals surface area contributed by atoms with Crippen molar-refractivity contribution in [3.05, 3.63) is 11.5 Å². The van der Waals surface area contributed by atoms with Gasteiger partial charge in [-0.25, -0.2) is 0 Å². The Morgan fingerprint density at radius 1 is 1.33 bits per heavy atom. The third-order valence-corrected chi connectivity index (χ3v) is 3.80. The SMILES string of the molecule is C1=CSSC1.CCCCCCCC(=O)O. The maximum absolute atomic E-state index is 10.0. The van der Waals surface area contributed by atoms with Gasteiger partial charge >= 0.3 is 5.97 Å². The van der Waals surface area contributed by atoms with Crippen LogP contribution in [0.4, 0.5) is 0 Å². The third-order valence-electron chi connectivity index (χ3n) is 1.88. The molecule has 1 N–H and O–H groups in total. The molecule has 0 spiro atoms. The second-order valence-electron chi connectivity index (χ2n) is 3.31. The zero-order valence-corrected chi connectivity index (χ0v) is 10.9. The lowest BCUT2D eigenvalue weighted by atomic mass is 10.1. The lowest BCUT2D eigenvalue weighted by Crippen LogP contribution is -1.93. The van der Waals surface area contributed by atoms with Crippen LogP contribution in [0.1, 0.15) is 45.4 Å². The molecular weight excluding hydrogens is 228 g/mol. The van der Waals surface area contributed by atoms with E-state index in [1.807, 2.05) is 21.6 Å². The lowest BCUT2D eigenvalue weighted by molar-refractivity contribution is -0.137. The first-order valence-electron chi connectivity index (χ1n) is 5.42. The van der Waals surface area contributed by atoms with E-state index in [2.05, 4.69) is 18.4 Å². The number of hydrogen-bond acceptors (Lipinski definition) is 3. The molecular formula is C11H20O2S2. The molecule has 2 nitrogen and oxygen atoms in total. The predicted octanol–water partition coefficient (Wildman–Crippen LogP) is 4.33. The van der Waals surface area contributed by atoms with Gasteiger partial charge in [0.25, 0.3) is 0 Å². The molecule has 0 atom stereocenters. The fraction of sp³-hybridized carbons (Fsp3) is 0.727. The van der Waals surface area contributed by atoms with Crippen LogP contribution in [0, 0.1) is 0 Å². The number of rotatable bonds is 6. The van der Waals surface area contributed by atoms with Crippen LogP contribution in [0.2, 0.25) is 0 Å². The maximum Gasteiger partial charge on any atom is 0.303 e. The largest absolute Gasteiger partial charge is 0.481 e. The molecule has 0 aromatic carbocycles. The van der Waals surface area contributed by atoms with Crippen molar-refractivity contribution in [2.75, 3.05) is 5.75 Å². The van der Waals surface area contributed by atoms with Crippen LogP contribution in [0.3, 0.4) is 0 Å². The number of hydrogen-bond donors (Lipinski definition) is 1. The Morgan fingerprint density at radius 2 is 2.07 bits per heavy atom. The molecule has 1 aliphatic heterocycles. The molecule has 0 unspecified atom stereocenters. The van der Waals surface area contributed by atoms with E-state index in [0.717, 1.165) is 12.8 Å². The van der Waals surface area contributed by atoms with Crippen LogP contribution in [0.15, 0.2) is 11.5 Å². The Morgan fingerprint density at radius 3 is 2.47 bits per heavy atom. The Kier molecular flexibility index (Phi) is 11.9. The minimum absolute atomic E-state index is 0.337. The van der Waals surface area contributed by atoms with Crippen LogP contribution in [-0.2, 0) is 4.79 Å². The Hall–Kier alpha value is -0.0900. The molecule has 0 aromatic rings. The number of carboxylic acid groups (broad SMARTS) is 1. The van der Waals surface area contributed by atoms with E-state index >= 15 is 0 Å². The van der Waals surface area contributed by atoms with E-state index in [4.69, 9.17) is 5.11 Å². The molecule has 15 heavy (non-hydrogen) atoms. The predicted molar refractivity (Wildman–Crippen MR) is 70.2 cm³/mol. The van der Waals surface area contributed by atoms with Gasteiger partial charge in [-0.15, -0.1) is 0 Å². The summed E-state index contributed by atoms with van der Waals surface area (Å²) in [5.41, 5.74) is 0. The van der Waals surface area contributed by atoms with E-state index in [1.54, 1.807) is 0 Å². The summed E-state index contributed by atoms with van der Waals surface area (Å²) in [5, 5.41) is 10.4. The van der Waals surface area contributed by atoms with Crippen molar-refractivity contribution in [1.82, 2.24) is 0 Å². The molecule has 0 bridgehead atoms. The standard InChI is InChI=1S/C8H16O2.C3H4S2/c1-2-3-4-5-6-7-8(9)10;1-2-4-5-3-1/h2-7H2,1H3,(H,9,10);1-2H,3H2. The Bertz CT molecular complexity index is 175. The zero-order chi connectivity index (χ0) is 11.4. The zero-order valence-electron chi connectivity index (χ0n) is 9.28. The third kappa shape index (κ3) is 13.9. The maximum atomic E-state index is 10.0. The summed E-state index contributed by atoms with van der Waals surface area (Å²) in [6.07, 6.45) is 8.05. The van der Waals surface area contributed by atoms with E-state index in [0.29, 0.717) is 6.42 Å². The number of carboxylic acids is 1. The molecule has 0 radical (unpaired) electrons. The average Bonchev–Trinajstić information content (AvgIpc) is 2.75. The summed E-state index contributed by atoms with van der Waals surface area (Å²) in [4.78, 5) is 10.0. The van der Waals surface area contributed by atoms with Crippen molar-refractivity contribution in [3.8, 4) is 0 Å². The molecule has 1 rings (SSSR count). The highest BCUT2D eigenvalue weighted by atomic mass is 33.1. The monoisotopic (exact) mass is 248 g/mol. The van der Waals surface area contributed by atoms with Gasteiger partial charge in [-0.3, -0.25) is 4.79 Å². The summed E-state index contributed by atoms with van der Waals surface area (Å²) in [7, 11) is 3.69. The Labute approximate surface area is 100 Å². The fourth-order valence-electron chi connectivity index (χ4n) is 1.08. The lowest BCUT2D eigenvalue weighted by Gasteiger charge is -1.95. The summed E-state index contributed by atoms with van der Waals surface area (Å²) in [6, 6.07) is 0. The van der Waals surface area contributed by atoms with Gasteiger partial charge in [-0.2, -0.15) is 0 Å². The van der Waals surface area contributed by atoms with Crippen molar-refractivity contribution in [2.24, 2.45) is 0 Å². The highest BCUT2D eigenvalue weighted by Crippen LogP contribution is 2.27. The molecule has 0 amide bonds. The number of carbonyl (C=O) groups is 1. The van der Waals surface area contributed by atoms with E-state index in [-0.39, 0.29) is 0 Å². The van der Waals surface area contributed by atoms with Crippen molar-refractivity contribution >= 4 is 27.6 Å².